The molecule has 2 N–H and O–H groups in total. The van der Waals surface area contributed by atoms with E-state index in [1.807, 2.05) is 31.2 Å². The van der Waals surface area contributed by atoms with Crippen LogP contribution in [0.1, 0.15) is 51.6 Å². The summed E-state index contributed by atoms with van der Waals surface area (Å²) in [5.74, 6) is 1.65. The van der Waals surface area contributed by atoms with Gasteiger partial charge >= 0.3 is 5.97 Å². The van der Waals surface area contributed by atoms with Crippen LogP contribution in [0, 0.1) is 11.8 Å². The van der Waals surface area contributed by atoms with E-state index in [0.717, 1.165) is 30.5 Å². The number of carbonyl (C=O) groups is 1. The van der Waals surface area contributed by atoms with Crippen molar-refractivity contribution in [2.45, 2.75) is 52.2 Å². The van der Waals surface area contributed by atoms with E-state index >= 15 is 0 Å². The molecule has 2 aliphatic rings. The average molecular weight is 389 g/mol. The molecule has 1 fully saturated rings. The van der Waals surface area contributed by atoms with Crippen molar-refractivity contribution < 1.29 is 14.3 Å². The fourth-order valence-corrected chi connectivity index (χ4v) is 4.19. The highest BCUT2D eigenvalue weighted by atomic mass is 32.1. The summed E-state index contributed by atoms with van der Waals surface area (Å²) in [5, 5.41) is 6.75. The van der Waals surface area contributed by atoms with E-state index in [1.165, 1.54) is 0 Å². The first kappa shape index (κ1) is 19.7. The second-order valence-corrected chi connectivity index (χ2v) is 8.02. The Kier molecular flexibility index (Phi) is 6.05. The van der Waals surface area contributed by atoms with Gasteiger partial charge in [-0.05, 0) is 56.3 Å². The molecule has 146 valence electrons. The third-order valence-corrected chi connectivity index (χ3v) is 5.98. The van der Waals surface area contributed by atoms with Gasteiger partial charge in [-0.15, -0.1) is 0 Å². The van der Waals surface area contributed by atoms with Crippen molar-refractivity contribution >= 4 is 23.3 Å². The Labute approximate surface area is 166 Å². The van der Waals surface area contributed by atoms with Crippen molar-refractivity contribution in [1.82, 2.24) is 10.6 Å². The predicted molar refractivity (Wildman–Crippen MR) is 109 cm³/mol. The predicted octanol–water partition coefficient (Wildman–Crippen LogP) is 3.86. The van der Waals surface area contributed by atoms with Crippen LogP contribution in [0.5, 0.6) is 5.75 Å². The van der Waals surface area contributed by atoms with E-state index < -0.39 is 6.04 Å². The molecule has 1 heterocycles. The summed E-state index contributed by atoms with van der Waals surface area (Å²) in [4.78, 5) is 13.1. The molecule has 1 saturated carbocycles. The van der Waals surface area contributed by atoms with E-state index in [4.69, 9.17) is 21.7 Å². The highest BCUT2D eigenvalue weighted by molar-refractivity contribution is 7.80. The van der Waals surface area contributed by atoms with Crippen molar-refractivity contribution in [2.75, 3.05) is 7.11 Å². The van der Waals surface area contributed by atoms with Crippen molar-refractivity contribution in [3.8, 4) is 5.75 Å². The second kappa shape index (κ2) is 8.30. The molecular weight excluding hydrogens is 360 g/mol. The van der Waals surface area contributed by atoms with Crippen molar-refractivity contribution in [1.29, 1.82) is 0 Å². The number of nitrogens with one attached hydrogen (secondary N) is 2. The summed E-state index contributed by atoms with van der Waals surface area (Å²) < 4.78 is 11.4. The van der Waals surface area contributed by atoms with Gasteiger partial charge in [-0.1, -0.05) is 32.0 Å². The van der Waals surface area contributed by atoms with Crippen LogP contribution in [0.15, 0.2) is 35.5 Å². The van der Waals surface area contributed by atoms with Gasteiger partial charge in [0.25, 0.3) is 0 Å². The van der Waals surface area contributed by atoms with Crippen molar-refractivity contribution in [3.63, 3.8) is 0 Å². The van der Waals surface area contributed by atoms with Crippen molar-refractivity contribution in [3.05, 3.63) is 41.1 Å². The first-order chi connectivity index (χ1) is 12.9. The van der Waals surface area contributed by atoms with Gasteiger partial charge in [0.05, 0.1) is 18.7 Å². The minimum atomic E-state index is -0.401. The third kappa shape index (κ3) is 4.26. The monoisotopic (exact) mass is 388 g/mol. The van der Waals surface area contributed by atoms with Crippen LogP contribution in [0.4, 0.5) is 0 Å². The Hall–Kier alpha value is -2.08. The maximum atomic E-state index is 13.1. The van der Waals surface area contributed by atoms with Gasteiger partial charge in [-0.25, -0.2) is 4.79 Å². The van der Waals surface area contributed by atoms with Gasteiger partial charge in [-0.3, -0.25) is 0 Å². The number of ether oxygens (including phenoxy) is 2. The van der Waals surface area contributed by atoms with Crippen LogP contribution in [-0.4, -0.2) is 24.3 Å². The smallest absolute Gasteiger partial charge is 0.338 e. The number of hydrogen-bond acceptors (Lipinski definition) is 4. The molecule has 0 bridgehead atoms. The lowest BCUT2D eigenvalue weighted by molar-refractivity contribution is -0.147. The van der Waals surface area contributed by atoms with Crippen LogP contribution in [0.3, 0.4) is 0 Å². The average Bonchev–Trinajstić information content (AvgIpc) is 2.64. The molecule has 1 aliphatic heterocycles. The van der Waals surface area contributed by atoms with Gasteiger partial charge in [-0.2, -0.15) is 0 Å². The van der Waals surface area contributed by atoms with Crippen LogP contribution in [-0.2, 0) is 9.53 Å². The topological polar surface area (TPSA) is 59.6 Å². The number of carbonyl (C=O) groups excluding carboxylic acids is 1. The molecule has 4 atom stereocenters. The molecule has 0 unspecified atom stereocenters. The molecule has 0 aromatic heterocycles. The van der Waals surface area contributed by atoms with E-state index in [0.29, 0.717) is 28.3 Å². The summed E-state index contributed by atoms with van der Waals surface area (Å²) in [6.45, 7) is 6.36. The minimum absolute atomic E-state index is 0.0313. The Morgan fingerprint density at radius 2 is 1.93 bits per heavy atom. The Morgan fingerprint density at radius 3 is 2.63 bits per heavy atom. The number of benzene rings is 1. The Bertz CT molecular complexity index is 762. The first-order valence-electron chi connectivity index (χ1n) is 9.52. The standard InChI is InChI=1S/C21H28N2O3S/c1-12-9-10-15(11-13(12)2)26-20(24)18-14(3)22-21(27)23-19(18)16-7-5-6-8-17(16)25-4/h5-8,12-13,15,19H,9-11H2,1-4H3,(H2,22,23,27)/t12-,13+,15-,19+/m1/s1. The molecule has 27 heavy (non-hydrogen) atoms. The van der Waals surface area contributed by atoms with E-state index in [9.17, 15) is 4.79 Å². The fourth-order valence-electron chi connectivity index (χ4n) is 3.92. The third-order valence-electron chi connectivity index (χ3n) is 5.76. The fraction of sp³-hybridized carbons (Fsp3) is 0.524. The van der Waals surface area contributed by atoms with Crippen LogP contribution in [0.25, 0.3) is 0 Å². The number of thiocarbonyl (C=S) groups is 1. The zero-order valence-corrected chi connectivity index (χ0v) is 17.2. The molecule has 0 spiro atoms. The molecule has 5 nitrogen and oxygen atoms in total. The number of rotatable bonds is 4. The van der Waals surface area contributed by atoms with Gasteiger partial charge < -0.3 is 20.1 Å². The lowest BCUT2D eigenvalue weighted by Crippen LogP contribution is -2.45. The summed E-state index contributed by atoms with van der Waals surface area (Å²) in [6, 6.07) is 7.25. The largest absolute Gasteiger partial charge is 0.496 e. The minimum Gasteiger partial charge on any atom is -0.496 e. The summed E-state index contributed by atoms with van der Waals surface area (Å²) in [7, 11) is 1.62. The Balaban J connectivity index is 1.87. The molecular formula is C21H28N2O3S. The zero-order valence-electron chi connectivity index (χ0n) is 16.4. The Morgan fingerprint density at radius 1 is 1.19 bits per heavy atom. The first-order valence-corrected chi connectivity index (χ1v) is 9.93. The van der Waals surface area contributed by atoms with Gasteiger partial charge in [0.2, 0.25) is 0 Å². The highest BCUT2D eigenvalue weighted by Crippen LogP contribution is 2.35. The number of allylic oxidation sites excluding steroid dienone is 1. The van der Waals surface area contributed by atoms with Crippen LogP contribution >= 0.6 is 12.2 Å². The molecule has 0 amide bonds. The maximum absolute atomic E-state index is 13.1. The highest BCUT2D eigenvalue weighted by Gasteiger charge is 2.35. The molecule has 0 saturated heterocycles. The second-order valence-electron chi connectivity index (χ2n) is 7.61. The van der Waals surface area contributed by atoms with Gasteiger partial charge in [0.15, 0.2) is 5.11 Å². The number of esters is 1. The van der Waals surface area contributed by atoms with E-state index in [2.05, 4.69) is 24.5 Å². The van der Waals surface area contributed by atoms with Crippen LogP contribution < -0.4 is 15.4 Å². The molecule has 1 aromatic carbocycles. The van der Waals surface area contributed by atoms with E-state index in [-0.39, 0.29) is 12.1 Å². The molecule has 0 radical (unpaired) electrons. The van der Waals surface area contributed by atoms with Gasteiger partial charge in [0.1, 0.15) is 11.9 Å². The number of hydrogen-bond donors (Lipinski definition) is 2. The molecule has 1 aromatic rings. The molecule has 1 aliphatic carbocycles. The SMILES string of the molecule is COc1ccccc1[C@@H]1NC(=S)NC(C)=C1C(=O)O[C@@H]1CC[C@@H](C)[C@@H](C)C1. The quantitative estimate of drug-likeness (QED) is 0.603. The zero-order chi connectivity index (χ0) is 19.6. The van der Waals surface area contributed by atoms with E-state index in [1.54, 1.807) is 7.11 Å². The maximum Gasteiger partial charge on any atom is 0.338 e. The number of para-hydroxylation sites is 1. The normalized spacial score (nSPS) is 28.2. The lowest BCUT2D eigenvalue weighted by atomic mass is 9.80. The summed E-state index contributed by atoms with van der Waals surface area (Å²) in [5.41, 5.74) is 2.14. The number of methoxy groups -OCH3 is 1. The lowest BCUT2D eigenvalue weighted by Gasteiger charge is -2.34. The summed E-state index contributed by atoms with van der Waals surface area (Å²) >= 11 is 5.32. The molecule has 3 rings (SSSR count). The molecule has 6 heteroatoms. The summed E-state index contributed by atoms with van der Waals surface area (Å²) in [6.07, 6.45) is 2.89. The van der Waals surface area contributed by atoms with Crippen LogP contribution in [0.2, 0.25) is 0 Å². The van der Waals surface area contributed by atoms with Crippen molar-refractivity contribution in [2.24, 2.45) is 11.8 Å². The van der Waals surface area contributed by atoms with Gasteiger partial charge in [0, 0.05) is 11.3 Å².